The predicted molar refractivity (Wildman–Crippen MR) is 128 cm³/mol. The molecule has 3 aliphatic rings. The Labute approximate surface area is 199 Å². The molecule has 0 saturated carbocycles. The number of carbonyl (C=O) groups excluding carboxylic acids is 1. The van der Waals surface area contributed by atoms with Gasteiger partial charge in [-0.1, -0.05) is 6.42 Å². The van der Waals surface area contributed by atoms with Gasteiger partial charge in [0.05, 0.1) is 0 Å². The molecule has 2 saturated heterocycles. The van der Waals surface area contributed by atoms with E-state index in [1.807, 2.05) is 24.0 Å². The number of amides is 1. The van der Waals surface area contributed by atoms with Crippen LogP contribution in [0.2, 0.25) is 0 Å². The van der Waals surface area contributed by atoms with Crippen molar-refractivity contribution in [1.82, 2.24) is 9.80 Å². The number of hydrogen-bond donors (Lipinski definition) is 1. The highest BCUT2D eigenvalue weighted by atomic mass is 16.5. The number of piperidine rings is 1. The Morgan fingerprint density at radius 2 is 1.82 bits per heavy atom. The average Bonchev–Trinajstić information content (AvgIpc) is 3.36. The van der Waals surface area contributed by atoms with Crippen molar-refractivity contribution in [2.24, 2.45) is 0 Å². The molecule has 8 heteroatoms. The molecular formula is C26H34N2O6. The largest absolute Gasteiger partial charge is 0.483 e. The molecule has 1 amide bonds. The Kier molecular flexibility index (Phi) is 7.88. The summed E-state index contributed by atoms with van der Waals surface area (Å²) in [5.41, 5.74) is 3.13. The fraction of sp³-hybridized carbons (Fsp3) is 0.577. The van der Waals surface area contributed by atoms with E-state index in [0.29, 0.717) is 17.4 Å². The third-order valence-corrected chi connectivity index (χ3v) is 7.36. The van der Waals surface area contributed by atoms with Gasteiger partial charge in [0.25, 0.3) is 12.4 Å². The number of rotatable bonds is 4. The van der Waals surface area contributed by atoms with E-state index in [1.165, 1.54) is 19.3 Å². The summed E-state index contributed by atoms with van der Waals surface area (Å²) in [6, 6.07) is 4.39. The molecule has 1 aliphatic carbocycles. The van der Waals surface area contributed by atoms with Gasteiger partial charge in [-0.15, -0.1) is 0 Å². The number of likely N-dealkylation sites (tertiary alicyclic amines) is 2. The lowest BCUT2D eigenvalue weighted by molar-refractivity contribution is -0.132. The third kappa shape index (κ3) is 5.12. The minimum absolute atomic E-state index is 0.0221. The molecule has 0 spiro atoms. The zero-order chi connectivity index (χ0) is 24.1. The number of ether oxygens (including phenoxy) is 1. The molecule has 1 aromatic carbocycles. The lowest BCUT2D eigenvalue weighted by Gasteiger charge is -2.32. The molecule has 1 atom stereocenters. The molecule has 3 heterocycles. The smallest absolute Gasteiger partial charge is 0.339 e. The molecule has 184 valence electrons. The number of carbonyl (C=O) groups is 2. The van der Waals surface area contributed by atoms with E-state index in [1.54, 1.807) is 0 Å². The van der Waals surface area contributed by atoms with Gasteiger partial charge in [-0.2, -0.15) is 0 Å². The van der Waals surface area contributed by atoms with E-state index < -0.39 is 0 Å². The van der Waals surface area contributed by atoms with Crippen molar-refractivity contribution in [2.75, 3.05) is 32.8 Å². The van der Waals surface area contributed by atoms with Crippen molar-refractivity contribution in [3.8, 4) is 5.75 Å². The van der Waals surface area contributed by atoms with Crippen LogP contribution in [0.3, 0.4) is 0 Å². The summed E-state index contributed by atoms with van der Waals surface area (Å²) in [7, 11) is 0. The van der Waals surface area contributed by atoms with Gasteiger partial charge in [-0.05, 0) is 82.7 Å². The van der Waals surface area contributed by atoms with E-state index in [9.17, 15) is 9.59 Å². The quantitative estimate of drug-likeness (QED) is 0.541. The molecule has 1 N–H and O–H groups in total. The van der Waals surface area contributed by atoms with Gasteiger partial charge in [0, 0.05) is 35.6 Å². The molecule has 2 aromatic rings. The average molecular weight is 471 g/mol. The second-order valence-corrected chi connectivity index (χ2v) is 9.39. The first-order valence-corrected chi connectivity index (χ1v) is 12.3. The molecule has 2 fully saturated rings. The van der Waals surface area contributed by atoms with Crippen LogP contribution in [0.1, 0.15) is 55.2 Å². The molecule has 2 aliphatic heterocycles. The van der Waals surface area contributed by atoms with E-state index in [4.69, 9.17) is 19.1 Å². The Morgan fingerprint density at radius 3 is 2.56 bits per heavy atom. The van der Waals surface area contributed by atoms with E-state index >= 15 is 0 Å². The van der Waals surface area contributed by atoms with E-state index in [0.717, 1.165) is 80.4 Å². The number of benzene rings is 1. The molecule has 0 radical (unpaired) electrons. The third-order valence-electron chi connectivity index (χ3n) is 7.36. The number of aryl methyl sites for hydroxylation is 2. The van der Waals surface area contributed by atoms with Crippen LogP contribution >= 0.6 is 0 Å². The maximum absolute atomic E-state index is 12.8. The first-order chi connectivity index (χ1) is 16.5. The Bertz CT molecular complexity index is 1090. The molecule has 1 aromatic heterocycles. The lowest BCUT2D eigenvalue weighted by atomic mass is 9.90. The van der Waals surface area contributed by atoms with Crippen LogP contribution in [0.4, 0.5) is 0 Å². The van der Waals surface area contributed by atoms with Gasteiger partial charge < -0.3 is 19.2 Å². The SMILES string of the molecule is Cc1c(OCC(=O)N2CCC(N3CCCCC3)C2)ccc2c3c(c(=O)oc12)CCCC3.O=CO. The first kappa shape index (κ1) is 24.3. The molecule has 8 nitrogen and oxygen atoms in total. The van der Waals surface area contributed by atoms with Crippen LogP contribution in [0.15, 0.2) is 21.3 Å². The number of carboxylic acid groups (broad SMARTS) is 1. The Morgan fingerprint density at radius 1 is 1.12 bits per heavy atom. The van der Waals surface area contributed by atoms with Crippen LogP contribution in [-0.4, -0.2) is 66.1 Å². The fourth-order valence-electron chi connectivity index (χ4n) is 5.56. The van der Waals surface area contributed by atoms with E-state index in [2.05, 4.69) is 4.90 Å². The van der Waals surface area contributed by atoms with Crippen molar-refractivity contribution in [3.63, 3.8) is 0 Å². The summed E-state index contributed by atoms with van der Waals surface area (Å²) in [4.78, 5) is 38.1. The van der Waals surface area contributed by atoms with Crippen molar-refractivity contribution in [3.05, 3.63) is 39.2 Å². The molecule has 1 unspecified atom stereocenters. The lowest BCUT2D eigenvalue weighted by Crippen LogP contribution is -2.42. The molecule has 0 bridgehead atoms. The van der Waals surface area contributed by atoms with Crippen LogP contribution in [-0.2, 0) is 22.4 Å². The summed E-state index contributed by atoms with van der Waals surface area (Å²) in [6.07, 6.45) is 8.79. The van der Waals surface area contributed by atoms with Crippen molar-refractivity contribution in [1.29, 1.82) is 0 Å². The van der Waals surface area contributed by atoms with Crippen LogP contribution < -0.4 is 10.4 Å². The van der Waals surface area contributed by atoms with Gasteiger partial charge in [-0.3, -0.25) is 14.5 Å². The zero-order valence-corrected chi connectivity index (χ0v) is 19.9. The monoisotopic (exact) mass is 470 g/mol. The zero-order valence-electron chi connectivity index (χ0n) is 19.9. The van der Waals surface area contributed by atoms with Gasteiger partial charge in [0.1, 0.15) is 11.3 Å². The topological polar surface area (TPSA) is 100 Å². The van der Waals surface area contributed by atoms with E-state index in [-0.39, 0.29) is 24.6 Å². The summed E-state index contributed by atoms with van der Waals surface area (Å²) in [5, 5.41) is 7.90. The highest BCUT2D eigenvalue weighted by molar-refractivity contribution is 5.86. The Balaban J connectivity index is 0.000000868. The minimum Gasteiger partial charge on any atom is -0.483 e. The van der Waals surface area contributed by atoms with Gasteiger partial charge in [-0.25, -0.2) is 4.79 Å². The van der Waals surface area contributed by atoms with Gasteiger partial charge in [0.15, 0.2) is 6.61 Å². The number of fused-ring (bicyclic) bond motifs is 3. The number of nitrogens with zero attached hydrogens (tertiary/aromatic N) is 2. The Hall–Kier alpha value is -2.87. The molecular weight excluding hydrogens is 436 g/mol. The highest BCUT2D eigenvalue weighted by Gasteiger charge is 2.31. The van der Waals surface area contributed by atoms with Crippen LogP contribution in [0.25, 0.3) is 11.0 Å². The van der Waals surface area contributed by atoms with Gasteiger partial charge >= 0.3 is 5.63 Å². The summed E-state index contributed by atoms with van der Waals surface area (Å²) in [6.45, 7) is 5.61. The maximum atomic E-state index is 12.8. The van der Waals surface area contributed by atoms with Crippen molar-refractivity contribution < 1.29 is 23.8 Å². The molecule has 5 rings (SSSR count). The van der Waals surface area contributed by atoms with Crippen molar-refractivity contribution in [2.45, 2.75) is 64.3 Å². The summed E-state index contributed by atoms with van der Waals surface area (Å²) >= 11 is 0. The summed E-state index contributed by atoms with van der Waals surface area (Å²) in [5.74, 6) is 0.650. The first-order valence-electron chi connectivity index (χ1n) is 12.3. The standard InChI is InChI=1S/C25H32N2O4.CH2O2/c1-17-22(10-9-20-19-7-3-4-8-21(19)25(29)31-24(17)20)30-16-23(28)27-14-11-18(15-27)26-12-5-2-6-13-26;2-1-3/h9-10,18H,2-8,11-16H2,1H3;1H,(H,2,3). The predicted octanol–water partition coefficient (Wildman–Crippen LogP) is 3.15. The fourth-order valence-corrected chi connectivity index (χ4v) is 5.56. The normalized spacial score (nSPS) is 20.4. The van der Waals surface area contributed by atoms with Crippen molar-refractivity contribution >= 4 is 23.3 Å². The molecule has 34 heavy (non-hydrogen) atoms. The van der Waals surface area contributed by atoms with Gasteiger partial charge in [0.2, 0.25) is 0 Å². The maximum Gasteiger partial charge on any atom is 0.339 e. The van der Waals surface area contributed by atoms with Crippen LogP contribution in [0.5, 0.6) is 5.75 Å². The summed E-state index contributed by atoms with van der Waals surface area (Å²) < 4.78 is 11.6. The second-order valence-electron chi connectivity index (χ2n) is 9.39. The number of hydrogen-bond acceptors (Lipinski definition) is 6. The highest BCUT2D eigenvalue weighted by Crippen LogP contribution is 2.32. The van der Waals surface area contributed by atoms with Crippen LogP contribution in [0, 0.1) is 6.92 Å². The second kappa shape index (κ2) is 11.0. The minimum atomic E-state index is -0.250.